The van der Waals surface area contributed by atoms with Crippen LogP contribution in [-0.2, 0) is 12.8 Å². The Morgan fingerprint density at radius 2 is 1.71 bits per heavy atom. The molecule has 1 aromatic carbocycles. The molecule has 0 amide bonds. The highest BCUT2D eigenvalue weighted by molar-refractivity contribution is 5.58. The molecule has 0 fully saturated rings. The van der Waals surface area contributed by atoms with E-state index in [-0.39, 0.29) is 11.5 Å². The predicted octanol–water partition coefficient (Wildman–Crippen LogP) is 5.11. The maximum Gasteiger partial charge on any atom is 0.336 e. The summed E-state index contributed by atoms with van der Waals surface area (Å²) in [5.41, 5.74) is 2.83. The van der Waals surface area contributed by atoms with Gasteiger partial charge in [-0.3, -0.25) is 0 Å². The molecule has 2 rings (SSSR count). The smallest absolute Gasteiger partial charge is 0.336 e. The third kappa shape index (κ3) is 4.51. The zero-order valence-corrected chi connectivity index (χ0v) is 17.9. The van der Waals surface area contributed by atoms with Gasteiger partial charge in [-0.1, -0.05) is 39.7 Å². The molecule has 1 aromatic heterocycles. The predicted molar refractivity (Wildman–Crippen MR) is 111 cm³/mol. The molecule has 0 radical (unpaired) electrons. The SMILES string of the molecule is CCCCCc1cc(=O)oc(CC)c1C(C)c1ccc(OC)c(OC)c1OC. The van der Waals surface area contributed by atoms with Crippen LogP contribution in [0.2, 0.25) is 0 Å². The molecule has 0 N–H and O–H groups in total. The van der Waals surface area contributed by atoms with Gasteiger partial charge < -0.3 is 18.6 Å². The Bertz CT molecular complexity index is 838. The molecule has 2 aromatic rings. The molecule has 1 atom stereocenters. The number of hydrogen-bond acceptors (Lipinski definition) is 5. The fourth-order valence-electron chi connectivity index (χ4n) is 3.78. The molecule has 0 aliphatic heterocycles. The molecule has 0 saturated carbocycles. The molecule has 5 nitrogen and oxygen atoms in total. The summed E-state index contributed by atoms with van der Waals surface area (Å²) in [6.45, 7) is 6.30. The zero-order chi connectivity index (χ0) is 20.7. The van der Waals surface area contributed by atoms with Crippen LogP contribution in [0.4, 0.5) is 0 Å². The summed E-state index contributed by atoms with van der Waals surface area (Å²) in [5.74, 6) is 2.54. The van der Waals surface area contributed by atoms with Crippen molar-refractivity contribution in [1.82, 2.24) is 0 Å². The maximum atomic E-state index is 12.1. The summed E-state index contributed by atoms with van der Waals surface area (Å²) in [7, 11) is 4.83. The van der Waals surface area contributed by atoms with Crippen LogP contribution in [0.15, 0.2) is 27.4 Å². The Morgan fingerprint density at radius 1 is 1.00 bits per heavy atom. The summed E-state index contributed by atoms with van der Waals surface area (Å²) in [6, 6.07) is 5.52. The molecule has 28 heavy (non-hydrogen) atoms. The van der Waals surface area contributed by atoms with E-state index in [1.165, 1.54) is 0 Å². The first-order chi connectivity index (χ1) is 13.5. The van der Waals surface area contributed by atoms with Crippen LogP contribution in [0.1, 0.15) is 68.4 Å². The molecule has 1 heterocycles. The minimum Gasteiger partial charge on any atom is -0.493 e. The molecule has 154 valence electrons. The van der Waals surface area contributed by atoms with Gasteiger partial charge in [0.05, 0.1) is 21.3 Å². The first-order valence-electron chi connectivity index (χ1n) is 9.96. The van der Waals surface area contributed by atoms with Crippen LogP contribution in [0.3, 0.4) is 0 Å². The highest BCUT2D eigenvalue weighted by atomic mass is 16.5. The number of unbranched alkanes of at least 4 members (excludes halogenated alkanes) is 2. The Morgan fingerprint density at radius 3 is 2.29 bits per heavy atom. The van der Waals surface area contributed by atoms with Gasteiger partial charge >= 0.3 is 5.63 Å². The number of rotatable bonds is 10. The molecule has 0 bridgehead atoms. The van der Waals surface area contributed by atoms with Crippen LogP contribution >= 0.6 is 0 Å². The second-order valence-electron chi connectivity index (χ2n) is 6.88. The van der Waals surface area contributed by atoms with Gasteiger partial charge in [-0.15, -0.1) is 0 Å². The second kappa shape index (κ2) is 10.2. The molecule has 0 aliphatic carbocycles. The van der Waals surface area contributed by atoms with Gasteiger partial charge in [-0.05, 0) is 24.5 Å². The molecule has 0 spiro atoms. The zero-order valence-electron chi connectivity index (χ0n) is 17.9. The molecular weight excluding hydrogens is 356 g/mol. The van der Waals surface area contributed by atoms with E-state index in [0.29, 0.717) is 23.7 Å². The standard InChI is InChI=1S/C23H32O5/c1-7-9-10-11-16-14-20(24)28-18(8-2)21(16)15(3)17-12-13-19(25-4)23(27-6)22(17)26-5/h12-15H,7-11H2,1-6H3. The average Bonchev–Trinajstić information content (AvgIpc) is 2.71. The number of hydrogen-bond donors (Lipinski definition) is 0. The van der Waals surface area contributed by atoms with E-state index in [0.717, 1.165) is 48.1 Å². The monoisotopic (exact) mass is 388 g/mol. The fourth-order valence-corrected chi connectivity index (χ4v) is 3.78. The van der Waals surface area contributed by atoms with Gasteiger partial charge in [0, 0.05) is 29.5 Å². The van der Waals surface area contributed by atoms with Gasteiger partial charge in [-0.25, -0.2) is 4.79 Å². The van der Waals surface area contributed by atoms with Crippen LogP contribution in [0.25, 0.3) is 0 Å². The molecule has 1 unspecified atom stereocenters. The van der Waals surface area contributed by atoms with Crippen molar-refractivity contribution in [3.05, 3.63) is 51.1 Å². The van der Waals surface area contributed by atoms with E-state index in [4.69, 9.17) is 18.6 Å². The topological polar surface area (TPSA) is 57.9 Å². The largest absolute Gasteiger partial charge is 0.493 e. The van der Waals surface area contributed by atoms with Crippen molar-refractivity contribution in [2.45, 2.75) is 58.8 Å². The summed E-state index contributed by atoms with van der Waals surface area (Å²) in [6.07, 6.45) is 4.84. The van der Waals surface area contributed by atoms with Crippen molar-refractivity contribution in [3.8, 4) is 17.2 Å². The second-order valence-corrected chi connectivity index (χ2v) is 6.88. The minimum atomic E-state index is -0.279. The quantitative estimate of drug-likeness (QED) is 0.529. The fraction of sp³-hybridized carbons (Fsp3) is 0.522. The van der Waals surface area contributed by atoms with Crippen molar-refractivity contribution >= 4 is 0 Å². The van der Waals surface area contributed by atoms with E-state index in [1.807, 2.05) is 19.1 Å². The van der Waals surface area contributed by atoms with Crippen LogP contribution in [0, 0.1) is 0 Å². The van der Waals surface area contributed by atoms with E-state index in [2.05, 4.69) is 13.8 Å². The third-order valence-electron chi connectivity index (χ3n) is 5.17. The minimum absolute atomic E-state index is 0.0225. The Kier molecular flexibility index (Phi) is 7.97. The Hall–Kier alpha value is -2.43. The van der Waals surface area contributed by atoms with Crippen molar-refractivity contribution in [2.75, 3.05) is 21.3 Å². The van der Waals surface area contributed by atoms with Gasteiger partial charge in [0.1, 0.15) is 5.76 Å². The molecule has 0 saturated heterocycles. The van der Waals surface area contributed by atoms with Crippen LogP contribution in [-0.4, -0.2) is 21.3 Å². The van der Waals surface area contributed by atoms with E-state index >= 15 is 0 Å². The van der Waals surface area contributed by atoms with Gasteiger partial charge in [0.2, 0.25) is 5.75 Å². The van der Waals surface area contributed by atoms with Gasteiger partial charge in [0.25, 0.3) is 0 Å². The molecular formula is C23H32O5. The number of methoxy groups -OCH3 is 3. The van der Waals surface area contributed by atoms with Crippen molar-refractivity contribution in [2.24, 2.45) is 0 Å². The highest BCUT2D eigenvalue weighted by Crippen LogP contribution is 2.45. The maximum absolute atomic E-state index is 12.1. The first kappa shape index (κ1) is 21.9. The van der Waals surface area contributed by atoms with E-state index in [9.17, 15) is 4.79 Å². The van der Waals surface area contributed by atoms with Crippen molar-refractivity contribution in [3.63, 3.8) is 0 Å². The lowest BCUT2D eigenvalue weighted by molar-refractivity contribution is 0.321. The van der Waals surface area contributed by atoms with Crippen molar-refractivity contribution < 1.29 is 18.6 Å². The Labute approximate surface area is 167 Å². The number of benzene rings is 1. The summed E-state index contributed by atoms with van der Waals surface area (Å²) in [4.78, 5) is 12.1. The normalized spacial score (nSPS) is 11.9. The number of ether oxygens (including phenoxy) is 3. The number of aryl methyl sites for hydroxylation is 2. The van der Waals surface area contributed by atoms with Crippen LogP contribution < -0.4 is 19.8 Å². The lowest BCUT2D eigenvalue weighted by atomic mass is 9.86. The summed E-state index contributed by atoms with van der Waals surface area (Å²) >= 11 is 0. The lowest BCUT2D eigenvalue weighted by Gasteiger charge is -2.23. The lowest BCUT2D eigenvalue weighted by Crippen LogP contribution is -2.13. The summed E-state index contributed by atoms with van der Waals surface area (Å²) < 4.78 is 22.2. The van der Waals surface area contributed by atoms with Crippen LogP contribution in [0.5, 0.6) is 17.2 Å². The van der Waals surface area contributed by atoms with E-state index < -0.39 is 0 Å². The van der Waals surface area contributed by atoms with Gasteiger partial charge in [0.15, 0.2) is 11.5 Å². The first-order valence-corrected chi connectivity index (χ1v) is 9.96. The summed E-state index contributed by atoms with van der Waals surface area (Å²) in [5, 5.41) is 0. The van der Waals surface area contributed by atoms with E-state index in [1.54, 1.807) is 27.4 Å². The highest BCUT2D eigenvalue weighted by Gasteiger charge is 2.25. The van der Waals surface area contributed by atoms with Gasteiger partial charge in [-0.2, -0.15) is 0 Å². The molecule has 5 heteroatoms. The Balaban J connectivity index is 2.62. The molecule has 0 aliphatic rings. The average molecular weight is 389 g/mol. The third-order valence-corrected chi connectivity index (χ3v) is 5.17. The van der Waals surface area contributed by atoms with Crippen molar-refractivity contribution in [1.29, 1.82) is 0 Å².